The van der Waals surface area contributed by atoms with Crippen molar-refractivity contribution in [1.82, 2.24) is 5.32 Å². The summed E-state index contributed by atoms with van der Waals surface area (Å²) in [6.07, 6.45) is 8.23. The maximum atomic E-state index is 12.4. The normalized spacial score (nSPS) is 19.6. The van der Waals surface area contributed by atoms with Gasteiger partial charge in [0.2, 0.25) is 17.7 Å². The van der Waals surface area contributed by atoms with Crippen molar-refractivity contribution in [2.24, 2.45) is 5.92 Å². The summed E-state index contributed by atoms with van der Waals surface area (Å²) in [4.78, 5) is 37.5. The van der Waals surface area contributed by atoms with Gasteiger partial charge in [-0.3, -0.25) is 14.4 Å². The fraction of sp³-hybridized carbons (Fsp3) is 0.476. The van der Waals surface area contributed by atoms with Crippen molar-refractivity contribution in [3.63, 3.8) is 0 Å². The summed E-state index contributed by atoms with van der Waals surface area (Å²) in [6, 6.07) is 7.10. The van der Waals surface area contributed by atoms with Crippen LogP contribution in [0.4, 0.5) is 11.4 Å². The summed E-state index contributed by atoms with van der Waals surface area (Å²) < 4.78 is 0. The van der Waals surface area contributed by atoms with Crippen LogP contribution in [0, 0.1) is 5.92 Å². The molecule has 1 unspecified atom stereocenters. The monoisotopic (exact) mass is 369 g/mol. The van der Waals surface area contributed by atoms with Crippen LogP contribution < -0.4 is 15.5 Å². The minimum atomic E-state index is -0.312. The van der Waals surface area contributed by atoms with Gasteiger partial charge in [-0.05, 0) is 56.4 Å². The number of allylic oxidation sites excluding steroid dienone is 1. The second kappa shape index (κ2) is 8.84. The largest absolute Gasteiger partial charge is 0.355 e. The van der Waals surface area contributed by atoms with Gasteiger partial charge in [0.1, 0.15) is 0 Å². The minimum absolute atomic E-state index is 0.0441. The average Bonchev–Trinajstić information content (AvgIpc) is 3.04. The fourth-order valence-electron chi connectivity index (χ4n) is 3.68. The van der Waals surface area contributed by atoms with Crippen LogP contribution in [0.15, 0.2) is 35.9 Å². The van der Waals surface area contributed by atoms with Crippen molar-refractivity contribution in [2.75, 3.05) is 23.3 Å². The van der Waals surface area contributed by atoms with E-state index in [1.165, 1.54) is 25.3 Å². The van der Waals surface area contributed by atoms with Crippen molar-refractivity contribution in [1.29, 1.82) is 0 Å². The number of rotatable bonds is 6. The first-order valence-corrected chi connectivity index (χ1v) is 9.66. The van der Waals surface area contributed by atoms with Gasteiger partial charge in [0.05, 0.1) is 5.92 Å². The van der Waals surface area contributed by atoms with Crippen molar-refractivity contribution in [3.05, 3.63) is 35.9 Å². The SMILES string of the molecule is CC(=O)Nc1ccc(N2CC(C(=O)NCCC3=CCCCC3)CC2=O)cc1. The van der Waals surface area contributed by atoms with E-state index in [4.69, 9.17) is 0 Å². The molecule has 2 aliphatic rings. The van der Waals surface area contributed by atoms with Crippen LogP contribution in [0.2, 0.25) is 0 Å². The number of nitrogens with zero attached hydrogens (tertiary/aromatic N) is 1. The summed E-state index contributed by atoms with van der Waals surface area (Å²) >= 11 is 0. The van der Waals surface area contributed by atoms with E-state index in [1.807, 2.05) is 0 Å². The van der Waals surface area contributed by atoms with E-state index in [1.54, 1.807) is 29.2 Å². The van der Waals surface area contributed by atoms with Crippen LogP contribution in [0.3, 0.4) is 0 Å². The second-order valence-electron chi connectivity index (χ2n) is 7.28. The smallest absolute Gasteiger partial charge is 0.227 e. The van der Waals surface area contributed by atoms with Crippen LogP contribution in [0.25, 0.3) is 0 Å². The molecule has 0 spiro atoms. The third-order valence-electron chi connectivity index (χ3n) is 5.13. The van der Waals surface area contributed by atoms with Crippen molar-refractivity contribution in [2.45, 2.75) is 45.4 Å². The van der Waals surface area contributed by atoms with E-state index in [9.17, 15) is 14.4 Å². The predicted molar refractivity (Wildman–Crippen MR) is 105 cm³/mol. The number of hydrogen-bond acceptors (Lipinski definition) is 3. The Morgan fingerprint density at radius 3 is 2.63 bits per heavy atom. The van der Waals surface area contributed by atoms with Crippen molar-refractivity contribution < 1.29 is 14.4 Å². The van der Waals surface area contributed by atoms with E-state index in [2.05, 4.69) is 16.7 Å². The molecule has 1 aliphatic carbocycles. The summed E-state index contributed by atoms with van der Waals surface area (Å²) in [5.41, 5.74) is 2.87. The molecule has 1 aliphatic heterocycles. The van der Waals surface area contributed by atoms with Gasteiger partial charge in [-0.15, -0.1) is 0 Å². The van der Waals surface area contributed by atoms with Crippen molar-refractivity contribution >= 4 is 29.1 Å². The number of carbonyl (C=O) groups is 3. The van der Waals surface area contributed by atoms with Gasteiger partial charge in [0.15, 0.2) is 0 Å². The zero-order valence-corrected chi connectivity index (χ0v) is 15.8. The first-order valence-electron chi connectivity index (χ1n) is 9.66. The van der Waals surface area contributed by atoms with E-state index in [0.717, 1.165) is 24.9 Å². The topological polar surface area (TPSA) is 78.5 Å². The number of amides is 3. The molecule has 1 saturated heterocycles. The lowest BCUT2D eigenvalue weighted by molar-refractivity contribution is -0.126. The fourth-order valence-corrected chi connectivity index (χ4v) is 3.68. The maximum absolute atomic E-state index is 12.4. The van der Waals surface area contributed by atoms with Gasteiger partial charge >= 0.3 is 0 Å². The van der Waals surface area contributed by atoms with Crippen LogP contribution in [0.5, 0.6) is 0 Å². The van der Waals surface area contributed by atoms with E-state index < -0.39 is 0 Å². The Morgan fingerprint density at radius 1 is 1.19 bits per heavy atom. The molecule has 1 aromatic rings. The molecule has 0 saturated carbocycles. The highest BCUT2D eigenvalue weighted by molar-refractivity contribution is 6.00. The van der Waals surface area contributed by atoms with Gasteiger partial charge in [0, 0.05) is 37.8 Å². The highest BCUT2D eigenvalue weighted by Gasteiger charge is 2.34. The van der Waals surface area contributed by atoms with Crippen molar-refractivity contribution in [3.8, 4) is 0 Å². The molecular formula is C21H27N3O3. The summed E-state index contributed by atoms with van der Waals surface area (Å²) in [5, 5.41) is 5.69. The molecule has 6 nitrogen and oxygen atoms in total. The Labute approximate surface area is 160 Å². The minimum Gasteiger partial charge on any atom is -0.355 e. The highest BCUT2D eigenvalue weighted by atomic mass is 16.2. The molecule has 0 aromatic heterocycles. The van der Waals surface area contributed by atoms with Crippen LogP contribution >= 0.6 is 0 Å². The molecule has 1 aromatic carbocycles. The number of anilines is 2. The first-order chi connectivity index (χ1) is 13.0. The van der Waals surface area contributed by atoms with Gasteiger partial charge < -0.3 is 15.5 Å². The van der Waals surface area contributed by atoms with Gasteiger partial charge in [-0.1, -0.05) is 11.6 Å². The maximum Gasteiger partial charge on any atom is 0.227 e. The molecule has 3 amide bonds. The number of hydrogen-bond donors (Lipinski definition) is 2. The standard InChI is InChI=1S/C21H27N3O3/c1-15(25)23-18-7-9-19(10-8-18)24-14-17(13-20(24)26)21(27)22-12-11-16-5-3-2-4-6-16/h5,7-10,17H,2-4,6,11-14H2,1H3,(H,22,27)(H,23,25). The Morgan fingerprint density at radius 2 is 1.96 bits per heavy atom. The lowest BCUT2D eigenvalue weighted by Gasteiger charge is -2.17. The van der Waals surface area contributed by atoms with Crippen LogP contribution in [-0.2, 0) is 14.4 Å². The molecular weight excluding hydrogens is 342 g/mol. The molecule has 0 radical (unpaired) electrons. The Balaban J connectivity index is 1.51. The molecule has 27 heavy (non-hydrogen) atoms. The molecule has 6 heteroatoms. The number of benzene rings is 1. The number of carbonyl (C=O) groups excluding carboxylic acids is 3. The number of nitrogens with one attached hydrogen (secondary N) is 2. The van der Waals surface area contributed by atoms with E-state index >= 15 is 0 Å². The molecule has 1 heterocycles. The quantitative estimate of drug-likeness (QED) is 0.757. The lowest BCUT2D eigenvalue weighted by Crippen LogP contribution is -2.33. The Bertz CT molecular complexity index is 740. The highest BCUT2D eigenvalue weighted by Crippen LogP contribution is 2.26. The first kappa shape index (κ1) is 19.1. The third-order valence-corrected chi connectivity index (χ3v) is 5.13. The van der Waals surface area contributed by atoms with E-state index in [0.29, 0.717) is 18.8 Å². The Kier molecular flexibility index (Phi) is 6.27. The third kappa shape index (κ3) is 5.18. The molecule has 1 atom stereocenters. The summed E-state index contributed by atoms with van der Waals surface area (Å²) in [5.74, 6) is -0.539. The Hall–Kier alpha value is -2.63. The predicted octanol–water partition coefficient (Wildman–Crippen LogP) is 3.00. The van der Waals surface area contributed by atoms with Gasteiger partial charge in [0.25, 0.3) is 0 Å². The zero-order valence-electron chi connectivity index (χ0n) is 15.8. The molecule has 144 valence electrons. The molecule has 2 N–H and O–H groups in total. The van der Waals surface area contributed by atoms with Gasteiger partial charge in [-0.25, -0.2) is 0 Å². The molecule has 0 bridgehead atoms. The van der Waals surface area contributed by atoms with Crippen LogP contribution in [0.1, 0.15) is 45.4 Å². The zero-order chi connectivity index (χ0) is 19.2. The summed E-state index contributed by atoms with van der Waals surface area (Å²) in [7, 11) is 0. The average molecular weight is 369 g/mol. The molecule has 3 rings (SSSR count). The van der Waals surface area contributed by atoms with Gasteiger partial charge in [-0.2, -0.15) is 0 Å². The van der Waals surface area contributed by atoms with Crippen LogP contribution in [-0.4, -0.2) is 30.8 Å². The second-order valence-corrected chi connectivity index (χ2v) is 7.28. The lowest BCUT2D eigenvalue weighted by atomic mass is 9.97. The van der Waals surface area contributed by atoms with E-state index in [-0.39, 0.29) is 30.1 Å². The summed E-state index contributed by atoms with van der Waals surface area (Å²) in [6.45, 7) is 2.49. The molecule has 1 fully saturated rings.